The molecule has 1 amide bonds. The number of hydrogen-bond acceptors (Lipinski definition) is 5. The predicted octanol–water partition coefficient (Wildman–Crippen LogP) is 6.91. The molecule has 1 fully saturated rings. The van der Waals surface area contributed by atoms with Crippen LogP contribution in [0.3, 0.4) is 0 Å². The van der Waals surface area contributed by atoms with Gasteiger partial charge in [0.2, 0.25) is 0 Å². The van der Waals surface area contributed by atoms with Gasteiger partial charge in [-0.25, -0.2) is 4.79 Å². The van der Waals surface area contributed by atoms with E-state index < -0.39 is 5.97 Å². The minimum absolute atomic E-state index is 0.00173. The van der Waals surface area contributed by atoms with Gasteiger partial charge in [0.15, 0.2) is 5.78 Å². The summed E-state index contributed by atoms with van der Waals surface area (Å²) in [7, 11) is 0. The molecule has 7 heteroatoms. The van der Waals surface area contributed by atoms with E-state index in [9.17, 15) is 14.4 Å². The van der Waals surface area contributed by atoms with E-state index in [4.69, 9.17) is 5.11 Å². The van der Waals surface area contributed by atoms with Crippen molar-refractivity contribution in [3.63, 3.8) is 0 Å². The molecule has 7 nitrogen and oxygen atoms in total. The number of carbonyl (C=O) groups is 3. The minimum Gasteiger partial charge on any atom is -0.478 e. The van der Waals surface area contributed by atoms with Gasteiger partial charge in [-0.05, 0) is 93.1 Å². The van der Waals surface area contributed by atoms with Crippen LogP contribution in [0.25, 0.3) is 0 Å². The van der Waals surface area contributed by atoms with Crippen LogP contribution in [0.5, 0.6) is 0 Å². The van der Waals surface area contributed by atoms with Gasteiger partial charge in [-0.2, -0.15) is 0 Å². The number of rotatable bonds is 12. The van der Waals surface area contributed by atoms with Crippen LogP contribution < -0.4 is 10.2 Å². The third kappa shape index (κ3) is 7.90. The van der Waals surface area contributed by atoms with E-state index in [1.165, 1.54) is 17.7 Å². The molecule has 1 aliphatic rings. The van der Waals surface area contributed by atoms with Crippen molar-refractivity contribution in [3.05, 3.63) is 136 Å². The number of nitrogens with zero attached hydrogens (tertiary/aromatic N) is 2. The zero-order valence-electron chi connectivity index (χ0n) is 26.9. The molecule has 5 rings (SSSR count). The molecule has 0 aliphatic carbocycles. The highest BCUT2D eigenvalue weighted by Gasteiger charge is 2.27. The molecule has 1 atom stereocenters. The van der Waals surface area contributed by atoms with Gasteiger partial charge in [0.25, 0.3) is 5.91 Å². The number of carbonyl (C=O) groups excluding carboxylic acids is 2. The molecule has 4 aromatic carbocycles. The van der Waals surface area contributed by atoms with E-state index in [2.05, 4.69) is 46.3 Å². The highest BCUT2D eigenvalue weighted by molar-refractivity contribution is 6.09. The van der Waals surface area contributed by atoms with Crippen LogP contribution in [0.2, 0.25) is 0 Å². The van der Waals surface area contributed by atoms with Gasteiger partial charge < -0.3 is 20.2 Å². The normalized spacial score (nSPS) is 14.4. The van der Waals surface area contributed by atoms with Crippen molar-refractivity contribution in [1.29, 1.82) is 0 Å². The van der Waals surface area contributed by atoms with Gasteiger partial charge in [-0.3, -0.25) is 9.59 Å². The molecule has 0 saturated carbocycles. The Morgan fingerprint density at radius 1 is 0.804 bits per heavy atom. The number of hydrogen-bond donors (Lipinski definition) is 2. The van der Waals surface area contributed by atoms with E-state index in [1.807, 2.05) is 62.4 Å². The predicted molar refractivity (Wildman–Crippen MR) is 183 cm³/mol. The Balaban J connectivity index is 1.21. The molecule has 1 aliphatic heterocycles. The smallest absolute Gasteiger partial charge is 0.335 e. The molecule has 46 heavy (non-hydrogen) atoms. The number of ketones is 1. The van der Waals surface area contributed by atoms with Gasteiger partial charge in [-0.1, -0.05) is 60.7 Å². The third-order valence-electron chi connectivity index (χ3n) is 9.17. The number of aromatic carboxylic acids is 1. The fourth-order valence-corrected chi connectivity index (χ4v) is 6.42. The summed E-state index contributed by atoms with van der Waals surface area (Å²) in [5.41, 5.74) is 6.27. The minimum atomic E-state index is -1.01. The van der Waals surface area contributed by atoms with Gasteiger partial charge in [0, 0.05) is 60.6 Å². The zero-order chi connectivity index (χ0) is 32.6. The lowest BCUT2D eigenvalue weighted by Gasteiger charge is -2.42. The van der Waals surface area contributed by atoms with Crippen molar-refractivity contribution in [2.45, 2.75) is 58.7 Å². The molecule has 1 unspecified atom stereocenters. The van der Waals surface area contributed by atoms with E-state index in [-0.39, 0.29) is 17.3 Å². The first-order chi connectivity index (χ1) is 22.2. The molecule has 2 N–H and O–H groups in total. The Hall–Kier alpha value is -4.75. The number of carboxylic acid groups (broad SMARTS) is 1. The largest absolute Gasteiger partial charge is 0.478 e. The Labute approximate surface area is 271 Å². The van der Waals surface area contributed by atoms with Crippen LogP contribution in [0.1, 0.15) is 79.5 Å². The molecule has 238 valence electrons. The van der Waals surface area contributed by atoms with Crippen LogP contribution >= 0.6 is 0 Å². The van der Waals surface area contributed by atoms with Crippen molar-refractivity contribution in [3.8, 4) is 0 Å². The van der Waals surface area contributed by atoms with Gasteiger partial charge in [-0.15, -0.1) is 0 Å². The van der Waals surface area contributed by atoms with E-state index in [1.54, 1.807) is 12.1 Å². The van der Waals surface area contributed by atoms with Crippen LogP contribution in [-0.4, -0.2) is 59.4 Å². The summed E-state index contributed by atoms with van der Waals surface area (Å²) in [6.45, 7) is 9.58. The zero-order valence-corrected chi connectivity index (χ0v) is 26.9. The quantitative estimate of drug-likeness (QED) is 0.168. The maximum absolute atomic E-state index is 13.1. The first-order valence-electron chi connectivity index (χ1n) is 16.1. The third-order valence-corrected chi connectivity index (χ3v) is 9.17. The fraction of sp³-hybridized carbons (Fsp3) is 0.308. The lowest BCUT2D eigenvalue weighted by molar-refractivity contribution is 0.0696. The van der Waals surface area contributed by atoms with Crippen LogP contribution in [0, 0.1) is 13.8 Å². The molecule has 1 heterocycles. The topological polar surface area (TPSA) is 90.0 Å². The highest BCUT2D eigenvalue weighted by Crippen LogP contribution is 2.28. The molecule has 0 spiro atoms. The number of carboxylic acids is 1. The van der Waals surface area contributed by atoms with Crippen molar-refractivity contribution < 1.29 is 19.5 Å². The summed E-state index contributed by atoms with van der Waals surface area (Å²) >= 11 is 0. The van der Waals surface area contributed by atoms with Gasteiger partial charge in [0.1, 0.15) is 0 Å². The Bertz CT molecular complexity index is 1620. The number of piperidine rings is 1. The second-order valence-corrected chi connectivity index (χ2v) is 12.3. The van der Waals surface area contributed by atoms with Crippen molar-refractivity contribution >= 4 is 23.3 Å². The molecule has 4 aromatic rings. The lowest BCUT2D eigenvalue weighted by Crippen LogP contribution is -2.48. The Kier molecular flexibility index (Phi) is 10.7. The number of amides is 1. The first-order valence-corrected chi connectivity index (χ1v) is 16.1. The molecule has 0 aromatic heterocycles. The van der Waals surface area contributed by atoms with Crippen molar-refractivity contribution in [1.82, 2.24) is 10.2 Å². The number of aryl methyl sites for hydroxylation is 2. The Morgan fingerprint density at radius 3 is 1.96 bits per heavy atom. The summed E-state index contributed by atoms with van der Waals surface area (Å²) in [5, 5.41) is 12.3. The second kappa shape index (κ2) is 15.0. The summed E-state index contributed by atoms with van der Waals surface area (Å²) in [6, 6.07) is 30.9. The van der Waals surface area contributed by atoms with Gasteiger partial charge >= 0.3 is 5.97 Å². The molecule has 1 saturated heterocycles. The standard InChI is InChI=1S/C39H43N3O4/c1-27-8-7-9-28(2)36(27)38(44)40-23-20-29(3)41-24-21-35(22-25-41)42(26-30-10-5-4-6-11-30)34-18-16-32(17-19-34)37(43)31-12-14-33(15-13-31)39(45)46/h4-19,29,35H,20-26H2,1-3H3,(H,40,44)(H,45,46). The van der Waals surface area contributed by atoms with Crippen LogP contribution in [0.15, 0.2) is 97.1 Å². The van der Waals surface area contributed by atoms with E-state index in [0.29, 0.717) is 29.8 Å². The summed E-state index contributed by atoms with van der Waals surface area (Å²) < 4.78 is 0. The maximum Gasteiger partial charge on any atom is 0.335 e. The van der Waals surface area contributed by atoms with Crippen molar-refractivity contribution in [2.24, 2.45) is 0 Å². The number of anilines is 1. The average Bonchev–Trinajstić information content (AvgIpc) is 3.07. The molecule has 0 radical (unpaired) electrons. The number of nitrogens with one attached hydrogen (secondary N) is 1. The molecular formula is C39H43N3O4. The van der Waals surface area contributed by atoms with E-state index in [0.717, 1.165) is 61.3 Å². The van der Waals surface area contributed by atoms with Crippen molar-refractivity contribution in [2.75, 3.05) is 24.5 Å². The molecular weight excluding hydrogens is 574 g/mol. The average molecular weight is 618 g/mol. The maximum atomic E-state index is 13.1. The number of benzene rings is 4. The fourth-order valence-electron chi connectivity index (χ4n) is 6.42. The van der Waals surface area contributed by atoms with Crippen LogP contribution in [-0.2, 0) is 6.54 Å². The number of likely N-dealkylation sites (tertiary alicyclic amines) is 1. The summed E-state index contributed by atoms with van der Waals surface area (Å²) in [5.74, 6) is -1.15. The second-order valence-electron chi connectivity index (χ2n) is 12.3. The van der Waals surface area contributed by atoms with E-state index >= 15 is 0 Å². The van der Waals surface area contributed by atoms with Crippen LogP contribution in [0.4, 0.5) is 5.69 Å². The lowest BCUT2D eigenvalue weighted by atomic mass is 9.98. The van der Waals surface area contributed by atoms with Gasteiger partial charge in [0.05, 0.1) is 5.56 Å². The molecule has 0 bridgehead atoms. The monoisotopic (exact) mass is 617 g/mol. The summed E-state index contributed by atoms with van der Waals surface area (Å²) in [4.78, 5) is 42.1. The summed E-state index contributed by atoms with van der Waals surface area (Å²) in [6.07, 6.45) is 2.93. The highest BCUT2D eigenvalue weighted by atomic mass is 16.4. The first kappa shape index (κ1) is 32.6. The Morgan fingerprint density at radius 2 is 1.37 bits per heavy atom. The SMILES string of the molecule is Cc1cccc(C)c1C(=O)NCCC(C)N1CCC(N(Cc2ccccc2)c2ccc(C(=O)c3ccc(C(=O)O)cc3)cc2)CC1.